The number of rotatable bonds is 2. The molecule has 0 unspecified atom stereocenters. The Kier molecular flexibility index (Phi) is 4.32. The Hall–Kier alpha value is -2.18. The third-order valence-corrected chi connectivity index (χ3v) is 4.50. The summed E-state index contributed by atoms with van der Waals surface area (Å²) in [6.45, 7) is 5.20. The molecule has 122 valence electrons. The van der Waals surface area contributed by atoms with Gasteiger partial charge in [0.1, 0.15) is 17.3 Å². The molecule has 1 aromatic carbocycles. The van der Waals surface area contributed by atoms with Gasteiger partial charge in [-0.1, -0.05) is 5.92 Å². The monoisotopic (exact) mass is 322 g/mol. The third kappa shape index (κ3) is 2.64. The average molecular weight is 322 g/mol. The van der Waals surface area contributed by atoms with Gasteiger partial charge < -0.3 is 10.0 Å². The SMILES string of the molecule is C#Cc1c(F)c(N2CC[C@H](C(C)(C)O)[C@@H]2C)c(F)c(F)c1C#N. The van der Waals surface area contributed by atoms with E-state index in [4.69, 9.17) is 11.7 Å². The molecule has 1 N–H and O–H groups in total. The van der Waals surface area contributed by atoms with Crippen molar-refractivity contribution in [3.05, 3.63) is 28.6 Å². The summed E-state index contributed by atoms with van der Waals surface area (Å²) >= 11 is 0. The molecule has 2 atom stereocenters. The number of halogens is 3. The Morgan fingerprint density at radius 1 is 1.22 bits per heavy atom. The van der Waals surface area contributed by atoms with Crippen molar-refractivity contribution >= 4 is 5.69 Å². The van der Waals surface area contributed by atoms with E-state index in [1.807, 2.05) is 5.92 Å². The molecule has 0 aliphatic carbocycles. The maximum absolute atomic E-state index is 14.6. The molecule has 0 saturated carbocycles. The third-order valence-electron chi connectivity index (χ3n) is 4.50. The molecule has 0 aromatic heterocycles. The van der Waals surface area contributed by atoms with E-state index in [1.54, 1.807) is 20.8 Å². The Balaban J connectivity index is 2.61. The van der Waals surface area contributed by atoms with Gasteiger partial charge in [0.25, 0.3) is 0 Å². The van der Waals surface area contributed by atoms with E-state index in [1.165, 1.54) is 11.0 Å². The molecule has 0 radical (unpaired) electrons. The Morgan fingerprint density at radius 3 is 2.26 bits per heavy atom. The lowest BCUT2D eigenvalue weighted by Crippen LogP contribution is -2.40. The molecule has 0 amide bonds. The van der Waals surface area contributed by atoms with Gasteiger partial charge >= 0.3 is 0 Å². The van der Waals surface area contributed by atoms with Gasteiger partial charge in [-0.05, 0) is 27.2 Å². The summed E-state index contributed by atoms with van der Waals surface area (Å²) in [5.41, 5.74) is -3.01. The highest BCUT2D eigenvalue weighted by molar-refractivity contribution is 5.62. The molecule has 23 heavy (non-hydrogen) atoms. The van der Waals surface area contributed by atoms with Crippen molar-refractivity contribution in [2.45, 2.75) is 38.8 Å². The predicted molar refractivity (Wildman–Crippen MR) is 80.2 cm³/mol. The van der Waals surface area contributed by atoms with Gasteiger partial charge in [-0.3, -0.25) is 0 Å². The molecular weight excluding hydrogens is 305 g/mol. The van der Waals surface area contributed by atoms with E-state index in [2.05, 4.69) is 0 Å². The first kappa shape index (κ1) is 17.2. The first-order chi connectivity index (χ1) is 10.6. The maximum Gasteiger partial charge on any atom is 0.186 e. The van der Waals surface area contributed by atoms with E-state index in [0.29, 0.717) is 6.42 Å². The largest absolute Gasteiger partial charge is 0.390 e. The Morgan fingerprint density at radius 2 is 1.83 bits per heavy atom. The first-order valence-corrected chi connectivity index (χ1v) is 7.21. The average Bonchev–Trinajstić information content (AvgIpc) is 2.84. The van der Waals surface area contributed by atoms with Crippen molar-refractivity contribution in [2.75, 3.05) is 11.4 Å². The van der Waals surface area contributed by atoms with Gasteiger partial charge in [0.15, 0.2) is 17.5 Å². The highest BCUT2D eigenvalue weighted by atomic mass is 19.2. The second-order valence-corrected chi connectivity index (χ2v) is 6.28. The number of terminal acetylenes is 1. The zero-order chi connectivity index (χ0) is 17.5. The summed E-state index contributed by atoms with van der Waals surface area (Å²) in [6, 6.07) is 0.983. The van der Waals surface area contributed by atoms with Crippen LogP contribution in [-0.4, -0.2) is 23.3 Å². The van der Waals surface area contributed by atoms with Crippen LogP contribution in [0.25, 0.3) is 0 Å². The molecule has 0 spiro atoms. The summed E-state index contributed by atoms with van der Waals surface area (Å²) < 4.78 is 43.0. The van der Waals surface area contributed by atoms with E-state index < -0.39 is 45.9 Å². The fraction of sp³-hybridized carbons (Fsp3) is 0.471. The van der Waals surface area contributed by atoms with Crippen molar-refractivity contribution < 1.29 is 18.3 Å². The number of benzene rings is 1. The molecule has 6 heteroatoms. The molecule has 2 rings (SSSR count). The Bertz CT molecular complexity index is 726. The van der Waals surface area contributed by atoms with Crippen LogP contribution in [0.2, 0.25) is 0 Å². The molecule has 1 fully saturated rings. The number of hydrogen-bond donors (Lipinski definition) is 1. The van der Waals surface area contributed by atoms with Crippen LogP contribution in [0.5, 0.6) is 0 Å². The van der Waals surface area contributed by atoms with Crippen LogP contribution in [0.1, 0.15) is 38.3 Å². The fourth-order valence-corrected chi connectivity index (χ4v) is 3.34. The van der Waals surface area contributed by atoms with Crippen molar-refractivity contribution in [3.8, 4) is 18.4 Å². The molecule has 1 aliphatic rings. The number of anilines is 1. The lowest BCUT2D eigenvalue weighted by atomic mass is 9.85. The topological polar surface area (TPSA) is 47.3 Å². The van der Waals surface area contributed by atoms with Gasteiger partial charge in [-0.15, -0.1) is 6.42 Å². The molecule has 3 nitrogen and oxygen atoms in total. The maximum atomic E-state index is 14.6. The van der Waals surface area contributed by atoms with Gasteiger partial charge in [0, 0.05) is 18.5 Å². The fourth-order valence-electron chi connectivity index (χ4n) is 3.34. The number of aliphatic hydroxyl groups is 1. The molecule has 1 heterocycles. The lowest BCUT2D eigenvalue weighted by Gasteiger charge is -2.33. The number of nitrogens with zero attached hydrogens (tertiary/aromatic N) is 2. The Labute approximate surface area is 133 Å². The minimum absolute atomic E-state index is 0.241. The minimum atomic E-state index is -1.45. The minimum Gasteiger partial charge on any atom is -0.390 e. The molecule has 1 saturated heterocycles. The number of hydrogen-bond acceptors (Lipinski definition) is 3. The standard InChI is InChI=1S/C17H17F3N2O/c1-5-10-11(8-21)13(18)15(20)16(14(10)19)22-7-6-12(9(22)2)17(3,4)23/h1,9,12,23H,6-7H2,2-4H3/t9-,12-/m0/s1. The first-order valence-electron chi connectivity index (χ1n) is 7.21. The van der Waals surface area contributed by atoms with Crippen LogP contribution in [-0.2, 0) is 0 Å². The highest BCUT2D eigenvalue weighted by Crippen LogP contribution is 2.40. The van der Waals surface area contributed by atoms with E-state index >= 15 is 0 Å². The molecule has 1 aliphatic heterocycles. The summed E-state index contributed by atoms with van der Waals surface area (Å²) in [6.07, 6.45) is 5.65. The van der Waals surface area contributed by atoms with Crippen LogP contribution >= 0.6 is 0 Å². The van der Waals surface area contributed by atoms with Gasteiger partial charge in [0.2, 0.25) is 0 Å². The highest BCUT2D eigenvalue weighted by Gasteiger charge is 2.42. The van der Waals surface area contributed by atoms with Crippen molar-refractivity contribution in [1.82, 2.24) is 0 Å². The van der Waals surface area contributed by atoms with Gasteiger partial charge in [0.05, 0.1) is 11.2 Å². The van der Waals surface area contributed by atoms with Crippen LogP contribution < -0.4 is 4.90 Å². The van der Waals surface area contributed by atoms with Crippen molar-refractivity contribution in [2.24, 2.45) is 5.92 Å². The lowest BCUT2D eigenvalue weighted by molar-refractivity contribution is 0.0156. The van der Waals surface area contributed by atoms with Crippen LogP contribution in [0.3, 0.4) is 0 Å². The summed E-state index contributed by atoms with van der Waals surface area (Å²) in [4.78, 5) is 1.36. The van der Waals surface area contributed by atoms with Gasteiger partial charge in [-0.2, -0.15) is 5.26 Å². The normalized spacial score (nSPS) is 21.2. The zero-order valence-corrected chi connectivity index (χ0v) is 13.1. The molecule has 1 aromatic rings. The van der Waals surface area contributed by atoms with E-state index in [0.717, 1.165) is 0 Å². The summed E-state index contributed by atoms with van der Waals surface area (Å²) in [5.74, 6) is -2.32. The van der Waals surface area contributed by atoms with Crippen LogP contribution in [0.15, 0.2) is 0 Å². The quantitative estimate of drug-likeness (QED) is 0.673. The number of nitriles is 1. The van der Waals surface area contributed by atoms with Crippen LogP contribution in [0, 0.1) is 47.0 Å². The van der Waals surface area contributed by atoms with E-state index in [9.17, 15) is 18.3 Å². The van der Waals surface area contributed by atoms with Crippen LogP contribution in [0.4, 0.5) is 18.9 Å². The van der Waals surface area contributed by atoms with Crippen molar-refractivity contribution in [3.63, 3.8) is 0 Å². The zero-order valence-electron chi connectivity index (χ0n) is 13.1. The van der Waals surface area contributed by atoms with E-state index in [-0.39, 0.29) is 12.5 Å². The predicted octanol–water partition coefficient (Wildman–Crippen LogP) is 2.94. The summed E-state index contributed by atoms with van der Waals surface area (Å²) in [7, 11) is 0. The van der Waals surface area contributed by atoms with Gasteiger partial charge in [-0.25, -0.2) is 13.2 Å². The smallest absolute Gasteiger partial charge is 0.186 e. The summed E-state index contributed by atoms with van der Waals surface area (Å²) in [5, 5.41) is 19.0. The molecular formula is C17H17F3N2O. The second kappa shape index (κ2) is 5.79. The molecule has 0 bridgehead atoms. The van der Waals surface area contributed by atoms with Crippen molar-refractivity contribution in [1.29, 1.82) is 5.26 Å². The second-order valence-electron chi connectivity index (χ2n) is 6.28.